The van der Waals surface area contributed by atoms with Crippen LogP contribution in [0.15, 0.2) is 30.5 Å². The van der Waals surface area contributed by atoms with E-state index in [4.69, 9.17) is 9.47 Å². The number of hydrogen-bond donors (Lipinski definition) is 2. The Kier molecular flexibility index (Phi) is 7.29. The molecule has 1 aliphatic heterocycles. The fraction of sp³-hybridized carbons (Fsp3) is 0.222. The van der Waals surface area contributed by atoms with Crippen LogP contribution in [-0.4, -0.2) is 17.3 Å². The number of phenolic OH excluding ortho intramolecular Hbond substituents is 2. The third-order valence-corrected chi connectivity index (χ3v) is 6.66. The SMILES string of the molecule is CCc1c2[n+](cc3c(OCc4c(F)c(F)c(F)c(F)c4F)c(OC)ccc13)CCc1cc(O)c(O)cc1-2.[Cl-]. The zero-order valence-electron chi connectivity index (χ0n) is 20.1. The Morgan fingerprint density at radius 3 is 2.13 bits per heavy atom. The summed E-state index contributed by atoms with van der Waals surface area (Å²) in [7, 11) is 1.37. The number of fused-ring (bicyclic) bond motifs is 4. The maximum Gasteiger partial charge on any atom is 0.216 e. The van der Waals surface area contributed by atoms with Crippen LogP contribution in [0.4, 0.5) is 22.0 Å². The lowest BCUT2D eigenvalue weighted by molar-refractivity contribution is -0.686. The van der Waals surface area contributed by atoms with E-state index >= 15 is 0 Å². The van der Waals surface area contributed by atoms with Gasteiger partial charge in [0.05, 0.1) is 23.6 Å². The van der Waals surface area contributed by atoms with Crippen molar-refractivity contribution in [2.24, 2.45) is 0 Å². The summed E-state index contributed by atoms with van der Waals surface area (Å²) in [6.45, 7) is 1.52. The molecular formula is C27H21ClF5NO4. The van der Waals surface area contributed by atoms with E-state index in [1.54, 1.807) is 18.3 Å². The van der Waals surface area contributed by atoms with Crippen LogP contribution < -0.4 is 26.4 Å². The number of halogens is 6. The standard InChI is InChI=1S/C27H20F5NO4.ClH/c1-3-13-14-4-5-20(36-2)27(37-11-17-21(28)23(30)25(32)24(31)22(17)29)16(14)10-33-7-6-12-8-18(34)19(35)9-15(12)26(13)33;/h4-5,8-10,35H,3,6-7,11H2,1-2H3;1H. The highest BCUT2D eigenvalue weighted by Gasteiger charge is 2.31. The number of pyridine rings is 1. The lowest BCUT2D eigenvalue weighted by atomic mass is 9.90. The van der Waals surface area contributed by atoms with Crippen LogP contribution >= 0.6 is 0 Å². The molecule has 200 valence electrons. The molecule has 1 aliphatic rings. The molecule has 0 unspecified atom stereocenters. The average Bonchev–Trinajstić information content (AvgIpc) is 2.90. The van der Waals surface area contributed by atoms with E-state index in [0.717, 1.165) is 22.4 Å². The lowest BCUT2D eigenvalue weighted by Gasteiger charge is -2.21. The fourth-order valence-electron chi connectivity index (χ4n) is 4.86. The number of ether oxygens (including phenoxy) is 2. The summed E-state index contributed by atoms with van der Waals surface area (Å²) in [6.07, 6.45) is 2.87. The molecule has 11 heteroatoms. The summed E-state index contributed by atoms with van der Waals surface area (Å²) in [5.41, 5.74) is 2.20. The molecule has 0 bridgehead atoms. The molecule has 38 heavy (non-hydrogen) atoms. The molecule has 5 rings (SSSR count). The molecule has 0 saturated carbocycles. The zero-order chi connectivity index (χ0) is 26.6. The van der Waals surface area contributed by atoms with Crippen molar-refractivity contribution in [1.29, 1.82) is 0 Å². The van der Waals surface area contributed by atoms with Gasteiger partial charge in [0.2, 0.25) is 11.5 Å². The van der Waals surface area contributed by atoms with Gasteiger partial charge < -0.3 is 32.1 Å². The van der Waals surface area contributed by atoms with Crippen LogP contribution in [-0.2, 0) is 26.0 Å². The number of aromatic hydroxyl groups is 2. The van der Waals surface area contributed by atoms with Gasteiger partial charge in [-0.2, -0.15) is 4.57 Å². The molecule has 1 aromatic heterocycles. The third kappa shape index (κ3) is 4.13. The Balaban J connectivity index is 0.00000336. The summed E-state index contributed by atoms with van der Waals surface area (Å²) in [6, 6.07) is 6.41. The van der Waals surface area contributed by atoms with Gasteiger partial charge in [-0.25, -0.2) is 22.0 Å². The normalized spacial score (nSPS) is 12.1. The van der Waals surface area contributed by atoms with Crippen molar-refractivity contribution in [3.63, 3.8) is 0 Å². The Morgan fingerprint density at radius 1 is 0.868 bits per heavy atom. The first-order chi connectivity index (χ1) is 17.7. The van der Waals surface area contributed by atoms with Crippen molar-refractivity contribution in [2.45, 2.75) is 32.9 Å². The molecule has 3 aromatic carbocycles. The van der Waals surface area contributed by atoms with E-state index in [2.05, 4.69) is 0 Å². The second-order valence-corrected chi connectivity index (χ2v) is 8.65. The number of methoxy groups -OCH3 is 1. The highest BCUT2D eigenvalue weighted by Crippen LogP contribution is 2.42. The Morgan fingerprint density at radius 2 is 1.50 bits per heavy atom. The molecule has 0 aliphatic carbocycles. The number of benzene rings is 3. The summed E-state index contributed by atoms with van der Waals surface area (Å²) < 4.78 is 82.4. The maximum atomic E-state index is 14.3. The molecule has 0 atom stereocenters. The highest BCUT2D eigenvalue weighted by atomic mass is 35.5. The quantitative estimate of drug-likeness (QED) is 0.131. The van der Waals surface area contributed by atoms with Crippen molar-refractivity contribution < 1.29 is 58.6 Å². The number of hydrogen-bond acceptors (Lipinski definition) is 4. The summed E-state index contributed by atoms with van der Waals surface area (Å²) in [5.74, 6) is -10.4. The Labute approximate surface area is 220 Å². The molecule has 0 radical (unpaired) electrons. The van der Waals surface area contributed by atoms with Crippen LogP contribution in [0.25, 0.3) is 22.0 Å². The van der Waals surface area contributed by atoms with Gasteiger partial charge in [-0.1, -0.05) is 6.92 Å². The zero-order valence-corrected chi connectivity index (χ0v) is 20.9. The van der Waals surface area contributed by atoms with Gasteiger partial charge in [-0.3, -0.25) is 0 Å². The summed E-state index contributed by atoms with van der Waals surface area (Å²) in [4.78, 5) is 0. The molecular weight excluding hydrogens is 533 g/mol. The molecule has 4 aromatic rings. The van der Waals surface area contributed by atoms with Gasteiger partial charge in [-0.05, 0) is 36.2 Å². The van der Waals surface area contributed by atoms with E-state index < -0.39 is 41.3 Å². The second kappa shape index (κ2) is 10.2. The molecule has 0 saturated heterocycles. The van der Waals surface area contributed by atoms with Crippen LogP contribution in [0, 0.1) is 29.1 Å². The average molecular weight is 554 g/mol. The Bertz CT molecular complexity index is 1570. The molecule has 0 amide bonds. The van der Waals surface area contributed by atoms with E-state index in [9.17, 15) is 32.2 Å². The first kappa shape index (κ1) is 27.3. The van der Waals surface area contributed by atoms with Crippen molar-refractivity contribution in [2.75, 3.05) is 7.11 Å². The third-order valence-electron chi connectivity index (χ3n) is 6.66. The fourth-order valence-corrected chi connectivity index (χ4v) is 4.86. The molecule has 2 N–H and O–H groups in total. The maximum absolute atomic E-state index is 14.3. The first-order valence-electron chi connectivity index (χ1n) is 11.4. The number of aryl methyl sites for hydroxylation is 3. The molecule has 2 heterocycles. The number of nitrogens with zero attached hydrogens (tertiary/aromatic N) is 1. The molecule has 0 fully saturated rings. The van der Waals surface area contributed by atoms with Gasteiger partial charge in [0.1, 0.15) is 6.61 Å². The highest BCUT2D eigenvalue weighted by molar-refractivity contribution is 5.95. The predicted octanol–water partition coefficient (Wildman–Crippen LogP) is 2.61. The Hall–Kier alpha value is -3.79. The monoisotopic (exact) mass is 553 g/mol. The smallest absolute Gasteiger partial charge is 0.216 e. The van der Waals surface area contributed by atoms with Crippen LogP contribution in [0.2, 0.25) is 0 Å². The van der Waals surface area contributed by atoms with Gasteiger partial charge in [-0.15, -0.1) is 0 Å². The van der Waals surface area contributed by atoms with E-state index in [1.807, 2.05) is 11.5 Å². The number of phenols is 2. The predicted molar refractivity (Wildman–Crippen MR) is 123 cm³/mol. The van der Waals surface area contributed by atoms with Crippen LogP contribution in [0.5, 0.6) is 23.0 Å². The topological polar surface area (TPSA) is 62.8 Å². The van der Waals surface area contributed by atoms with Gasteiger partial charge in [0.15, 0.2) is 59.0 Å². The van der Waals surface area contributed by atoms with Gasteiger partial charge in [0.25, 0.3) is 0 Å². The van der Waals surface area contributed by atoms with Crippen LogP contribution in [0.3, 0.4) is 0 Å². The van der Waals surface area contributed by atoms with E-state index in [-0.39, 0.29) is 35.4 Å². The van der Waals surface area contributed by atoms with E-state index in [0.29, 0.717) is 30.2 Å². The van der Waals surface area contributed by atoms with Gasteiger partial charge >= 0.3 is 0 Å². The minimum Gasteiger partial charge on any atom is -1.00 e. The number of rotatable bonds is 5. The molecule has 5 nitrogen and oxygen atoms in total. The first-order valence-corrected chi connectivity index (χ1v) is 11.4. The minimum absolute atomic E-state index is 0. The minimum atomic E-state index is -2.24. The van der Waals surface area contributed by atoms with Crippen molar-refractivity contribution in [3.8, 4) is 34.3 Å². The largest absolute Gasteiger partial charge is 1.00 e. The number of aromatic nitrogens is 1. The van der Waals surface area contributed by atoms with Gasteiger partial charge in [0, 0.05) is 17.4 Å². The second-order valence-electron chi connectivity index (χ2n) is 8.65. The van der Waals surface area contributed by atoms with Crippen molar-refractivity contribution in [3.05, 3.63) is 76.2 Å². The summed E-state index contributed by atoms with van der Waals surface area (Å²) in [5, 5.41) is 21.3. The van der Waals surface area contributed by atoms with Crippen LogP contribution in [0.1, 0.15) is 23.6 Å². The van der Waals surface area contributed by atoms with Crippen molar-refractivity contribution >= 4 is 10.8 Å². The van der Waals surface area contributed by atoms with Crippen molar-refractivity contribution in [1.82, 2.24) is 0 Å². The lowest BCUT2D eigenvalue weighted by Crippen LogP contribution is -3.00. The molecule has 0 spiro atoms. The van der Waals surface area contributed by atoms with E-state index in [1.165, 1.54) is 19.2 Å². The summed E-state index contributed by atoms with van der Waals surface area (Å²) >= 11 is 0.